The number of likely N-dealkylation sites (tertiary alicyclic amines) is 1. The van der Waals surface area contributed by atoms with Crippen LogP contribution >= 0.6 is 0 Å². The van der Waals surface area contributed by atoms with Crippen molar-refractivity contribution >= 4 is 17.5 Å². The van der Waals surface area contributed by atoms with Crippen molar-refractivity contribution in [3.63, 3.8) is 0 Å². The number of aryl methyl sites for hydroxylation is 2. The van der Waals surface area contributed by atoms with Gasteiger partial charge < -0.3 is 10.2 Å². The molecule has 25 heavy (non-hydrogen) atoms. The maximum Gasteiger partial charge on any atom is 0.245 e. The number of amides is 1. The van der Waals surface area contributed by atoms with E-state index in [-0.39, 0.29) is 11.8 Å². The molecule has 0 radical (unpaired) electrons. The predicted molar refractivity (Wildman–Crippen MR) is 97.8 cm³/mol. The van der Waals surface area contributed by atoms with Crippen LogP contribution in [0, 0.1) is 13.8 Å². The lowest BCUT2D eigenvalue weighted by Crippen LogP contribution is -2.38. The van der Waals surface area contributed by atoms with Gasteiger partial charge in [0.1, 0.15) is 17.5 Å². The summed E-state index contributed by atoms with van der Waals surface area (Å²) in [5, 5.41) is 3.25. The molecule has 1 saturated heterocycles. The molecule has 0 aromatic carbocycles. The standard InChI is InChI=1S/C19H23N5O/c1-4-19(25)24-10-6-8-15(12-24)16-11-18(22-14(3)21-16)23-17-9-5-7-13(2)20-17/h4-5,7,9,11,15H,1,6,8,10,12H2,2-3H3,(H,20,21,22,23)/t15-/m1/s1. The maximum absolute atomic E-state index is 11.9. The Morgan fingerprint density at radius 1 is 1.28 bits per heavy atom. The summed E-state index contributed by atoms with van der Waals surface area (Å²) in [4.78, 5) is 27.3. The first-order valence-electron chi connectivity index (χ1n) is 8.53. The van der Waals surface area contributed by atoms with E-state index in [4.69, 9.17) is 0 Å². The minimum Gasteiger partial charge on any atom is -0.339 e. The van der Waals surface area contributed by atoms with Gasteiger partial charge in [-0.15, -0.1) is 0 Å². The molecule has 0 unspecified atom stereocenters. The zero-order chi connectivity index (χ0) is 17.8. The Bertz CT molecular complexity index is 789. The van der Waals surface area contributed by atoms with E-state index in [0.29, 0.717) is 12.4 Å². The summed E-state index contributed by atoms with van der Waals surface area (Å²) >= 11 is 0. The summed E-state index contributed by atoms with van der Waals surface area (Å²) in [6.45, 7) is 8.87. The van der Waals surface area contributed by atoms with E-state index < -0.39 is 0 Å². The molecule has 3 rings (SSSR count). The van der Waals surface area contributed by atoms with Crippen LogP contribution in [0.5, 0.6) is 0 Å². The largest absolute Gasteiger partial charge is 0.339 e. The molecule has 1 aliphatic rings. The van der Waals surface area contributed by atoms with Gasteiger partial charge in [0, 0.05) is 30.8 Å². The van der Waals surface area contributed by atoms with E-state index in [1.165, 1.54) is 6.08 Å². The highest BCUT2D eigenvalue weighted by Gasteiger charge is 2.25. The molecule has 6 heteroatoms. The third-order valence-corrected chi connectivity index (χ3v) is 4.33. The van der Waals surface area contributed by atoms with Crippen LogP contribution in [0.25, 0.3) is 0 Å². The van der Waals surface area contributed by atoms with Crippen LogP contribution in [-0.4, -0.2) is 38.8 Å². The Kier molecular flexibility index (Phi) is 5.07. The first-order chi connectivity index (χ1) is 12.0. The average molecular weight is 337 g/mol. The number of carbonyl (C=O) groups excluding carboxylic acids is 1. The Balaban J connectivity index is 1.81. The van der Waals surface area contributed by atoms with E-state index in [1.807, 2.05) is 43.0 Å². The van der Waals surface area contributed by atoms with Gasteiger partial charge in [-0.3, -0.25) is 4.79 Å². The smallest absolute Gasteiger partial charge is 0.245 e. The number of rotatable bonds is 4. The van der Waals surface area contributed by atoms with Crippen molar-refractivity contribution in [2.75, 3.05) is 18.4 Å². The molecule has 0 bridgehead atoms. The van der Waals surface area contributed by atoms with Crippen LogP contribution in [0.4, 0.5) is 11.6 Å². The number of nitrogens with one attached hydrogen (secondary N) is 1. The molecule has 0 aliphatic carbocycles. The van der Waals surface area contributed by atoms with Crippen molar-refractivity contribution in [1.82, 2.24) is 19.9 Å². The number of nitrogens with zero attached hydrogens (tertiary/aromatic N) is 4. The normalized spacial score (nSPS) is 17.2. The highest BCUT2D eigenvalue weighted by atomic mass is 16.2. The van der Waals surface area contributed by atoms with Crippen LogP contribution < -0.4 is 5.32 Å². The van der Waals surface area contributed by atoms with E-state index >= 15 is 0 Å². The topological polar surface area (TPSA) is 71.0 Å². The van der Waals surface area contributed by atoms with Crippen molar-refractivity contribution in [3.05, 3.63) is 54.1 Å². The van der Waals surface area contributed by atoms with E-state index in [2.05, 4.69) is 26.8 Å². The first-order valence-corrected chi connectivity index (χ1v) is 8.53. The van der Waals surface area contributed by atoms with E-state index in [9.17, 15) is 4.79 Å². The van der Waals surface area contributed by atoms with Crippen molar-refractivity contribution < 1.29 is 4.79 Å². The fourth-order valence-corrected chi connectivity index (χ4v) is 3.16. The fourth-order valence-electron chi connectivity index (χ4n) is 3.16. The zero-order valence-electron chi connectivity index (χ0n) is 14.7. The zero-order valence-corrected chi connectivity index (χ0v) is 14.7. The summed E-state index contributed by atoms with van der Waals surface area (Å²) in [6, 6.07) is 7.79. The second-order valence-electron chi connectivity index (χ2n) is 6.34. The molecule has 0 saturated carbocycles. The summed E-state index contributed by atoms with van der Waals surface area (Å²) in [5.74, 6) is 2.40. The van der Waals surface area contributed by atoms with Gasteiger partial charge in [0.2, 0.25) is 5.91 Å². The predicted octanol–water partition coefficient (Wildman–Crippen LogP) is 3.12. The Hall–Kier alpha value is -2.76. The van der Waals surface area contributed by atoms with Gasteiger partial charge in [0.25, 0.3) is 0 Å². The molecule has 3 heterocycles. The number of hydrogen-bond donors (Lipinski definition) is 1. The van der Waals surface area contributed by atoms with Gasteiger partial charge in [-0.1, -0.05) is 12.6 Å². The van der Waals surface area contributed by atoms with E-state index in [1.54, 1.807) is 0 Å². The Morgan fingerprint density at radius 3 is 2.88 bits per heavy atom. The molecular weight excluding hydrogens is 314 g/mol. The number of pyridine rings is 1. The monoisotopic (exact) mass is 337 g/mol. The number of hydrogen-bond acceptors (Lipinski definition) is 5. The number of anilines is 2. The van der Waals surface area contributed by atoms with Crippen LogP contribution in [-0.2, 0) is 4.79 Å². The van der Waals surface area contributed by atoms with E-state index in [0.717, 1.165) is 42.4 Å². The maximum atomic E-state index is 11.9. The molecule has 2 aromatic rings. The van der Waals surface area contributed by atoms with Gasteiger partial charge >= 0.3 is 0 Å². The number of aromatic nitrogens is 3. The average Bonchev–Trinajstić information content (AvgIpc) is 2.60. The first kappa shape index (κ1) is 17.1. The summed E-state index contributed by atoms with van der Waals surface area (Å²) in [7, 11) is 0. The van der Waals surface area contributed by atoms with Gasteiger partial charge in [-0.25, -0.2) is 15.0 Å². The van der Waals surface area contributed by atoms with Gasteiger partial charge in [0.15, 0.2) is 0 Å². The Labute approximate surface area is 148 Å². The molecule has 1 atom stereocenters. The second-order valence-corrected chi connectivity index (χ2v) is 6.34. The Morgan fingerprint density at radius 2 is 2.12 bits per heavy atom. The molecule has 1 aliphatic heterocycles. The molecule has 1 fully saturated rings. The molecular formula is C19H23N5O. The summed E-state index contributed by atoms with van der Waals surface area (Å²) in [6.07, 6.45) is 3.36. The molecule has 130 valence electrons. The van der Waals surface area contributed by atoms with Crippen molar-refractivity contribution in [3.8, 4) is 0 Å². The van der Waals surface area contributed by atoms with Crippen LogP contribution in [0.1, 0.15) is 36.0 Å². The van der Waals surface area contributed by atoms with Crippen molar-refractivity contribution in [2.45, 2.75) is 32.6 Å². The van der Waals surface area contributed by atoms with Gasteiger partial charge in [0.05, 0.1) is 5.69 Å². The minimum atomic E-state index is -0.0159. The van der Waals surface area contributed by atoms with Crippen molar-refractivity contribution in [1.29, 1.82) is 0 Å². The quantitative estimate of drug-likeness (QED) is 0.868. The SMILES string of the molecule is C=CC(=O)N1CCC[C@@H](c2cc(Nc3cccc(C)n3)nc(C)n2)C1. The molecule has 0 spiro atoms. The van der Waals surface area contributed by atoms with Gasteiger partial charge in [-0.2, -0.15) is 0 Å². The third-order valence-electron chi connectivity index (χ3n) is 4.33. The van der Waals surface area contributed by atoms with Crippen LogP contribution in [0.3, 0.4) is 0 Å². The highest BCUT2D eigenvalue weighted by Crippen LogP contribution is 2.27. The lowest BCUT2D eigenvalue weighted by Gasteiger charge is -2.32. The minimum absolute atomic E-state index is 0.0159. The number of carbonyl (C=O) groups is 1. The lowest BCUT2D eigenvalue weighted by molar-refractivity contribution is -0.127. The van der Waals surface area contributed by atoms with Crippen LogP contribution in [0.15, 0.2) is 36.9 Å². The molecule has 2 aromatic heterocycles. The fraction of sp³-hybridized carbons (Fsp3) is 0.368. The summed E-state index contributed by atoms with van der Waals surface area (Å²) < 4.78 is 0. The molecule has 6 nitrogen and oxygen atoms in total. The highest BCUT2D eigenvalue weighted by molar-refractivity contribution is 5.87. The molecule has 1 amide bonds. The molecule has 1 N–H and O–H groups in total. The number of piperidine rings is 1. The third kappa shape index (κ3) is 4.21. The van der Waals surface area contributed by atoms with Crippen molar-refractivity contribution in [2.24, 2.45) is 0 Å². The van der Waals surface area contributed by atoms with Crippen LogP contribution in [0.2, 0.25) is 0 Å². The lowest BCUT2D eigenvalue weighted by atomic mass is 9.94. The van der Waals surface area contributed by atoms with Gasteiger partial charge in [-0.05, 0) is 44.9 Å². The second kappa shape index (κ2) is 7.42. The summed E-state index contributed by atoms with van der Waals surface area (Å²) in [5.41, 5.74) is 1.91.